The molecule has 176 valence electrons. The van der Waals surface area contributed by atoms with Crippen molar-refractivity contribution in [3.8, 4) is 17.2 Å². The second-order valence-electron chi connectivity index (χ2n) is 7.95. The van der Waals surface area contributed by atoms with Gasteiger partial charge >= 0.3 is 0 Å². The number of nitrogens with zero attached hydrogens (tertiary/aromatic N) is 1. The van der Waals surface area contributed by atoms with Crippen LogP contribution in [0.4, 0.5) is 5.69 Å². The summed E-state index contributed by atoms with van der Waals surface area (Å²) in [5.74, 6) is -1.16. The summed E-state index contributed by atoms with van der Waals surface area (Å²) in [7, 11) is 3.02. The number of hydrogen-bond donors (Lipinski definition) is 2. The highest BCUT2D eigenvalue weighted by atomic mass is 16.5. The van der Waals surface area contributed by atoms with E-state index in [1.165, 1.54) is 31.3 Å². The molecule has 1 unspecified atom stereocenters. The van der Waals surface area contributed by atoms with Crippen LogP contribution >= 0.6 is 0 Å². The van der Waals surface area contributed by atoms with Crippen LogP contribution in [0.15, 0.2) is 88.5 Å². The molecule has 1 aromatic heterocycles. The van der Waals surface area contributed by atoms with Gasteiger partial charge in [-0.05, 0) is 54.1 Å². The van der Waals surface area contributed by atoms with Crippen molar-refractivity contribution in [1.29, 1.82) is 0 Å². The van der Waals surface area contributed by atoms with Gasteiger partial charge in [-0.2, -0.15) is 0 Å². The van der Waals surface area contributed by atoms with E-state index in [4.69, 9.17) is 13.9 Å². The number of furan rings is 1. The maximum atomic E-state index is 13.7. The molecule has 1 amide bonds. The second-order valence-corrected chi connectivity index (χ2v) is 7.95. The molecule has 0 aliphatic carbocycles. The quantitative estimate of drug-likeness (QED) is 0.384. The molecule has 8 nitrogen and oxygen atoms in total. The van der Waals surface area contributed by atoms with Gasteiger partial charge < -0.3 is 24.1 Å². The molecular weight excluding hydrogens is 450 g/mol. The zero-order valence-corrected chi connectivity index (χ0v) is 18.9. The summed E-state index contributed by atoms with van der Waals surface area (Å²) >= 11 is 0. The zero-order chi connectivity index (χ0) is 24.7. The Bertz CT molecular complexity index is 1480. The first-order chi connectivity index (χ1) is 16.9. The summed E-state index contributed by atoms with van der Waals surface area (Å²) in [6.07, 6.45) is 0. The van der Waals surface area contributed by atoms with Crippen molar-refractivity contribution in [1.82, 2.24) is 0 Å². The number of Topliss-reactive ketones (excluding diaryl/α,β-unsaturated/α-hetero) is 1. The first kappa shape index (κ1) is 22.1. The number of anilines is 1. The number of carbonyl (C=O) groups excluding carboxylic acids is 2. The average molecular weight is 471 g/mol. The molecular formula is C27H21NO7. The molecule has 0 radical (unpaired) electrons. The maximum absolute atomic E-state index is 13.7. The number of amides is 1. The van der Waals surface area contributed by atoms with E-state index in [1.807, 2.05) is 0 Å². The van der Waals surface area contributed by atoms with Crippen LogP contribution in [0.25, 0.3) is 11.0 Å². The topological polar surface area (TPSA) is 109 Å². The minimum atomic E-state index is -1.01. The highest BCUT2D eigenvalue weighted by molar-refractivity contribution is 6.20. The van der Waals surface area contributed by atoms with Crippen LogP contribution in [0, 0.1) is 0 Å². The average Bonchev–Trinajstić information content (AvgIpc) is 3.43. The number of phenols is 1. The van der Waals surface area contributed by atoms with Crippen LogP contribution in [0.2, 0.25) is 0 Å². The molecule has 4 aromatic rings. The molecule has 1 aliphatic rings. The lowest BCUT2D eigenvalue weighted by Crippen LogP contribution is -2.31. The van der Waals surface area contributed by atoms with Gasteiger partial charge in [-0.1, -0.05) is 24.3 Å². The third kappa shape index (κ3) is 3.65. The number of carbonyl (C=O) groups is 2. The number of aliphatic hydroxyl groups excluding tert-OH is 1. The lowest BCUT2D eigenvalue weighted by molar-refractivity contribution is -0.117. The number of methoxy groups -OCH3 is 2. The van der Waals surface area contributed by atoms with Crippen molar-refractivity contribution < 1.29 is 33.7 Å². The fourth-order valence-corrected chi connectivity index (χ4v) is 4.30. The second kappa shape index (κ2) is 8.57. The number of rotatable bonds is 6. The van der Waals surface area contributed by atoms with E-state index >= 15 is 0 Å². The van der Waals surface area contributed by atoms with Crippen molar-refractivity contribution in [3.05, 3.63) is 95.5 Å². The third-order valence-electron chi connectivity index (χ3n) is 5.94. The Kier molecular flexibility index (Phi) is 5.41. The molecule has 5 rings (SSSR count). The fourth-order valence-electron chi connectivity index (χ4n) is 4.30. The van der Waals surface area contributed by atoms with Crippen LogP contribution in [0.1, 0.15) is 22.2 Å². The van der Waals surface area contributed by atoms with Crippen LogP contribution in [-0.4, -0.2) is 36.1 Å². The molecule has 2 N–H and O–H groups in total. The van der Waals surface area contributed by atoms with Crippen LogP contribution < -0.4 is 14.4 Å². The molecule has 8 heteroatoms. The van der Waals surface area contributed by atoms with Gasteiger partial charge in [0.05, 0.1) is 25.8 Å². The summed E-state index contributed by atoms with van der Waals surface area (Å²) in [6.45, 7) is 0. The molecule has 0 saturated heterocycles. The molecule has 1 atom stereocenters. The number of aliphatic hydroxyl groups is 1. The summed E-state index contributed by atoms with van der Waals surface area (Å²) < 4.78 is 16.3. The molecule has 2 heterocycles. The van der Waals surface area contributed by atoms with Gasteiger partial charge in [-0.3, -0.25) is 14.5 Å². The van der Waals surface area contributed by atoms with Gasteiger partial charge in [0.1, 0.15) is 11.5 Å². The molecule has 0 bridgehead atoms. The number of phenolic OH excluding ortho intramolecular Hbond substituents is 1. The molecule has 0 fully saturated rings. The number of benzene rings is 3. The standard InChI is InChI=1S/C27H21NO7/c1-33-19-11-9-17(10-12-19)28-23(15-5-3-7-18(29)13-15)22(25(31)27(28)32)24(30)21-14-16-6-4-8-20(34-2)26(16)35-21/h3-14,23,29,31H,1-2H3. The Labute approximate surface area is 200 Å². The van der Waals surface area contributed by atoms with E-state index in [0.717, 1.165) is 0 Å². The summed E-state index contributed by atoms with van der Waals surface area (Å²) in [6, 6.07) is 18.6. The zero-order valence-electron chi connectivity index (χ0n) is 18.9. The van der Waals surface area contributed by atoms with Crippen molar-refractivity contribution in [2.24, 2.45) is 0 Å². The van der Waals surface area contributed by atoms with Crippen molar-refractivity contribution in [2.75, 3.05) is 19.1 Å². The van der Waals surface area contributed by atoms with Gasteiger partial charge in [0.25, 0.3) is 5.91 Å². The van der Waals surface area contributed by atoms with E-state index < -0.39 is 23.5 Å². The lowest BCUT2D eigenvalue weighted by Gasteiger charge is -2.27. The van der Waals surface area contributed by atoms with E-state index in [-0.39, 0.29) is 17.1 Å². The third-order valence-corrected chi connectivity index (χ3v) is 5.94. The lowest BCUT2D eigenvalue weighted by atomic mass is 9.94. The number of aromatic hydroxyl groups is 1. The number of para-hydroxylation sites is 1. The minimum Gasteiger partial charge on any atom is -0.508 e. The molecule has 35 heavy (non-hydrogen) atoms. The smallest absolute Gasteiger partial charge is 0.294 e. The summed E-state index contributed by atoms with van der Waals surface area (Å²) in [5, 5.41) is 21.7. The Morgan fingerprint density at radius 3 is 2.37 bits per heavy atom. The molecule has 3 aromatic carbocycles. The van der Waals surface area contributed by atoms with Gasteiger partial charge in [-0.15, -0.1) is 0 Å². The van der Waals surface area contributed by atoms with E-state index in [9.17, 15) is 19.8 Å². The van der Waals surface area contributed by atoms with Crippen LogP contribution in [0.5, 0.6) is 17.2 Å². The van der Waals surface area contributed by atoms with Gasteiger partial charge in [0, 0.05) is 11.1 Å². The predicted octanol–water partition coefficient (Wildman–Crippen LogP) is 4.94. The van der Waals surface area contributed by atoms with Crippen molar-refractivity contribution >= 4 is 28.3 Å². The van der Waals surface area contributed by atoms with Gasteiger partial charge in [0.2, 0.25) is 5.78 Å². The van der Waals surface area contributed by atoms with Gasteiger partial charge in [0.15, 0.2) is 22.9 Å². The number of ketones is 1. The highest BCUT2D eigenvalue weighted by Gasteiger charge is 2.45. The Balaban J connectivity index is 1.65. The Morgan fingerprint density at radius 1 is 0.943 bits per heavy atom. The van der Waals surface area contributed by atoms with Crippen LogP contribution in [-0.2, 0) is 4.79 Å². The predicted molar refractivity (Wildman–Crippen MR) is 128 cm³/mol. The normalized spacial score (nSPS) is 15.7. The molecule has 0 saturated carbocycles. The van der Waals surface area contributed by atoms with Crippen molar-refractivity contribution in [2.45, 2.75) is 6.04 Å². The summed E-state index contributed by atoms with van der Waals surface area (Å²) in [5.41, 5.74) is 1.10. The minimum absolute atomic E-state index is 0.0451. The highest BCUT2D eigenvalue weighted by Crippen LogP contribution is 2.43. The Morgan fingerprint density at radius 2 is 1.69 bits per heavy atom. The SMILES string of the molecule is COc1ccc(N2C(=O)C(O)=C(C(=O)c3cc4cccc(OC)c4o3)C2c2cccc(O)c2)cc1. The Hall–Kier alpha value is -4.72. The first-order valence-corrected chi connectivity index (χ1v) is 10.7. The van der Waals surface area contributed by atoms with Crippen LogP contribution in [0.3, 0.4) is 0 Å². The monoisotopic (exact) mass is 471 g/mol. The summed E-state index contributed by atoms with van der Waals surface area (Å²) in [4.78, 5) is 28.3. The van der Waals surface area contributed by atoms with E-state index in [2.05, 4.69) is 0 Å². The van der Waals surface area contributed by atoms with E-state index in [1.54, 1.807) is 60.7 Å². The molecule has 1 aliphatic heterocycles. The maximum Gasteiger partial charge on any atom is 0.294 e. The number of fused-ring (bicyclic) bond motifs is 1. The van der Waals surface area contributed by atoms with Crippen molar-refractivity contribution in [3.63, 3.8) is 0 Å². The largest absolute Gasteiger partial charge is 0.508 e. The first-order valence-electron chi connectivity index (χ1n) is 10.7. The van der Waals surface area contributed by atoms with E-state index in [0.29, 0.717) is 33.7 Å². The van der Waals surface area contributed by atoms with Gasteiger partial charge in [-0.25, -0.2) is 0 Å². The fraction of sp³-hybridized carbons (Fsp3) is 0.111. The molecule has 0 spiro atoms. The number of ether oxygens (including phenoxy) is 2. The number of hydrogen-bond acceptors (Lipinski definition) is 7.